The lowest BCUT2D eigenvalue weighted by Gasteiger charge is -2.11. The van der Waals surface area contributed by atoms with Crippen LogP contribution in [-0.4, -0.2) is 19.7 Å². The molecule has 0 amide bonds. The van der Waals surface area contributed by atoms with Crippen molar-refractivity contribution in [2.24, 2.45) is 0 Å². The van der Waals surface area contributed by atoms with Crippen LogP contribution < -0.4 is 5.56 Å². The van der Waals surface area contributed by atoms with Crippen molar-refractivity contribution in [3.63, 3.8) is 0 Å². The fourth-order valence-electron chi connectivity index (χ4n) is 1.82. The van der Waals surface area contributed by atoms with Crippen molar-refractivity contribution in [1.82, 2.24) is 19.7 Å². The molecule has 22 heavy (non-hydrogen) atoms. The fourth-order valence-corrected chi connectivity index (χ4v) is 1.82. The molecule has 0 saturated heterocycles. The van der Waals surface area contributed by atoms with Gasteiger partial charge >= 0.3 is 6.18 Å². The van der Waals surface area contributed by atoms with Gasteiger partial charge in [-0.1, -0.05) is 0 Å². The number of nitriles is 1. The molecule has 0 aliphatic heterocycles. The third-order valence-electron chi connectivity index (χ3n) is 2.74. The Morgan fingerprint density at radius 2 is 2.09 bits per heavy atom. The van der Waals surface area contributed by atoms with E-state index in [1.165, 1.54) is 12.3 Å². The summed E-state index contributed by atoms with van der Waals surface area (Å²) in [4.78, 5) is 19.8. The number of alkyl halides is 3. The van der Waals surface area contributed by atoms with Gasteiger partial charge in [-0.25, -0.2) is 14.6 Å². The second kappa shape index (κ2) is 5.93. The Bertz CT molecular complexity index is 791. The summed E-state index contributed by atoms with van der Waals surface area (Å²) in [6.07, 6.45) is -3.70. The van der Waals surface area contributed by atoms with E-state index >= 15 is 0 Å². The van der Waals surface area contributed by atoms with Crippen molar-refractivity contribution in [2.45, 2.75) is 26.1 Å². The molecule has 2 heterocycles. The highest BCUT2D eigenvalue weighted by Crippen LogP contribution is 2.26. The van der Waals surface area contributed by atoms with Crippen LogP contribution in [0.25, 0.3) is 0 Å². The molecule has 2 rings (SSSR count). The predicted octanol–water partition coefficient (Wildman–Crippen LogP) is 1.47. The van der Waals surface area contributed by atoms with Gasteiger partial charge in [-0.3, -0.25) is 4.79 Å². The number of hydrogen-bond acceptors (Lipinski definition) is 5. The molecule has 9 heteroatoms. The summed E-state index contributed by atoms with van der Waals surface area (Å²) in [5.74, 6) is 0.426. The molecule has 0 aromatic carbocycles. The van der Waals surface area contributed by atoms with Crippen molar-refractivity contribution in [2.75, 3.05) is 0 Å². The Kier molecular flexibility index (Phi) is 4.21. The van der Waals surface area contributed by atoms with Crippen LogP contribution in [-0.2, 0) is 19.1 Å². The maximum atomic E-state index is 12.9. The predicted molar refractivity (Wildman–Crippen MR) is 68.7 cm³/mol. The van der Waals surface area contributed by atoms with E-state index in [4.69, 9.17) is 5.26 Å². The lowest BCUT2D eigenvalue weighted by Crippen LogP contribution is -2.32. The van der Waals surface area contributed by atoms with Crippen LogP contribution in [0, 0.1) is 18.3 Å². The molecular formula is C13H10F3N5O. The molecule has 0 aliphatic carbocycles. The van der Waals surface area contributed by atoms with Gasteiger partial charge < -0.3 is 0 Å². The number of hydrogen-bond donors (Lipinski definition) is 0. The van der Waals surface area contributed by atoms with E-state index < -0.39 is 17.3 Å². The largest absolute Gasteiger partial charge is 0.421 e. The third-order valence-corrected chi connectivity index (χ3v) is 2.74. The van der Waals surface area contributed by atoms with E-state index in [1.807, 2.05) is 0 Å². The van der Waals surface area contributed by atoms with Crippen molar-refractivity contribution < 1.29 is 13.2 Å². The van der Waals surface area contributed by atoms with Gasteiger partial charge in [-0.05, 0) is 19.1 Å². The Balaban J connectivity index is 2.53. The van der Waals surface area contributed by atoms with Gasteiger partial charge in [-0.15, -0.1) is 0 Å². The van der Waals surface area contributed by atoms with E-state index in [-0.39, 0.29) is 18.7 Å². The molecule has 0 saturated carbocycles. The summed E-state index contributed by atoms with van der Waals surface area (Å²) in [6, 6.07) is 3.79. The van der Waals surface area contributed by atoms with Crippen LogP contribution >= 0.6 is 0 Å². The molecule has 0 atom stereocenters. The van der Waals surface area contributed by atoms with E-state index in [0.29, 0.717) is 22.3 Å². The van der Waals surface area contributed by atoms with Gasteiger partial charge in [0.2, 0.25) is 0 Å². The molecule has 2 aromatic heterocycles. The molecule has 0 fully saturated rings. The van der Waals surface area contributed by atoms with E-state index in [0.717, 1.165) is 0 Å². The highest BCUT2D eigenvalue weighted by atomic mass is 19.4. The Labute approximate surface area is 122 Å². The zero-order valence-electron chi connectivity index (χ0n) is 11.4. The first-order valence-electron chi connectivity index (χ1n) is 6.15. The first kappa shape index (κ1) is 15.6. The van der Waals surface area contributed by atoms with Gasteiger partial charge in [0.05, 0.1) is 30.4 Å². The standard InChI is InChI=1S/C13H10F3N5O/c1-8-18-5-3-10(19-8)7-21-12(22)11(13(14,15)16)6-9(20-21)2-4-17/h3,5-6H,2,7H2,1H3. The minimum atomic E-state index is -4.81. The first-order chi connectivity index (χ1) is 10.3. The summed E-state index contributed by atoms with van der Waals surface area (Å²) < 4.78 is 39.4. The maximum Gasteiger partial charge on any atom is 0.421 e. The summed E-state index contributed by atoms with van der Waals surface area (Å²) in [6.45, 7) is 1.39. The monoisotopic (exact) mass is 309 g/mol. The van der Waals surface area contributed by atoms with Crippen LogP contribution in [0.15, 0.2) is 23.1 Å². The molecule has 0 radical (unpaired) electrons. The molecule has 0 N–H and O–H groups in total. The summed E-state index contributed by atoms with van der Waals surface area (Å²) in [7, 11) is 0. The zero-order chi connectivity index (χ0) is 16.3. The van der Waals surface area contributed by atoms with Crippen LogP contribution in [0.5, 0.6) is 0 Å². The van der Waals surface area contributed by atoms with Crippen LogP contribution in [0.1, 0.15) is 22.8 Å². The molecule has 0 aliphatic rings. The molecule has 6 nitrogen and oxygen atoms in total. The fraction of sp³-hybridized carbons (Fsp3) is 0.308. The van der Waals surface area contributed by atoms with E-state index in [2.05, 4.69) is 15.1 Å². The van der Waals surface area contributed by atoms with Crippen molar-refractivity contribution in [3.8, 4) is 6.07 Å². The maximum absolute atomic E-state index is 12.9. The minimum absolute atomic E-state index is 0.125. The summed E-state index contributed by atoms with van der Waals surface area (Å²) >= 11 is 0. The van der Waals surface area contributed by atoms with Gasteiger partial charge in [0.25, 0.3) is 5.56 Å². The average Bonchev–Trinajstić information content (AvgIpc) is 2.41. The number of halogens is 3. The number of aryl methyl sites for hydroxylation is 1. The molecular weight excluding hydrogens is 299 g/mol. The summed E-state index contributed by atoms with van der Waals surface area (Å²) in [5.41, 5.74) is -2.39. The minimum Gasteiger partial charge on any atom is -0.267 e. The van der Waals surface area contributed by atoms with Crippen molar-refractivity contribution >= 4 is 0 Å². The molecule has 0 unspecified atom stereocenters. The summed E-state index contributed by atoms with van der Waals surface area (Å²) in [5, 5.41) is 12.4. The average molecular weight is 309 g/mol. The van der Waals surface area contributed by atoms with Crippen molar-refractivity contribution in [3.05, 3.63) is 51.5 Å². The van der Waals surface area contributed by atoms with E-state index in [9.17, 15) is 18.0 Å². The second-order valence-electron chi connectivity index (χ2n) is 4.44. The quantitative estimate of drug-likeness (QED) is 0.857. The van der Waals surface area contributed by atoms with Crippen molar-refractivity contribution in [1.29, 1.82) is 5.26 Å². The van der Waals surface area contributed by atoms with E-state index in [1.54, 1.807) is 13.0 Å². The van der Waals surface area contributed by atoms with Gasteiger partial charge in [0.15, 0.2) is 0 Å². The third kappa shape index (κ3) is 3.46. The normalized spacial score (nSPS) is 11.2. The number of nitrogens with zero attached hydrogens (tertiary/aromatic N) is 5. The van der Waals surface area contributed by atoms with Crippen LogP contribution in [0.3, 0.4) is 0 Å². The molecule has 0 spiro atoms. The van der Waals surface area contributed by atoms with Gasteiger partial charge in [-0.2, -0.15) is 23.5 Å². The van der Waals surface area contributed by atoms with Gasteiger partial charge in [0.1, 0.15) is 11.4 Å². The van der Waals surface area contributed by atoms with Gasteiger partial charge in [0, 0.05) is 6.20 Å². The molecule has 2 aromatic rings. The Hall–Kier alpha value is -2.76. The Morgan fingerprint density at radius 3 is 2.68 bits per heavy atom. The van der Waals surface area contributed by atoms with Crippen LogP contribution in [0.4, 0.5) is 13.2 Å². The topological polar surface area (TPSA) is 84.5 Å². The molecule has 114 valence electrons. The smallest absolute Gasteiger partial charge is 0.267 e. The highest BCUT2D eigenvalue weighted by Gasteiger charge is 2.35. The SMILES string of the molecule is Cc1nccc(Cn2nc(CC#N)cc(C(F)(F)F)c2=O)n1. The zero-order valence-corrected chi connectivity index (χ0v) is 11.4. The second-order valence-corrected chi connectivity index (χ2v) is 4.44. The lowest BCUT2D eigenvalue weighted by molar-refractivity contribution is -0.139. The molecule has 0 bridgehead atoms. The Morgan fingerprint density at radius 1 is 1.36 bits per heavy atom. The van der Waals surface area contributed by atoms with Crippen LogP contribution in [0.2, 0.25) is 0 Å². The number of rotatable bonds is 3. The number of aromatic nitrogens is 4. The lowest BCUT2D eigenvalue weighted by atomic mass is 10.2. The highest BCUT2D eigenvalue weighted by molar-refractivity contribution is 5.19. The first-order valence-corrected chi connectivity index (χ1v) is 6.15.